The summed E-state index contributed by atoms with van der Waals surface area (Å²) in [6.45, 7) is 2.96. The molecule has 78 valence electrons. The van der Waals surface area contributed by atoms with Crippen LogP contribution in [0.15, 0.2) is 6.20 Å². The highest BCUT2D eigenvalue weighted by atomic mass is 15.1. The van der Waals surface area contributed by atoms with Gasteiger partial charge in [0.25, 0.3) is 0 Å². The van der Waals surface area contributed by atoms with Crippen LogP contribution in [0.25, 0.3) is 0 Å². The van der Waals surface area contributed by atoms with Gasteiger partial charge in [0.2, 0.25) is 0 Å². The lowest BCUT2D eigenvalue weighted by molar-refractivity contribution is 0.520. The first kappa shape index (κ1) is 9.71. The summed E-state index contributed by atoms with van der Waals surface area (Å²) < 4.78 is 2.08. The van der Waals surface area contributed by atoms with Crippen LogP contribution < -0.4 is 5.32 Å². The van der Waals surface area contributed by atoms with Crippen molar-refractivity contribution in [2.24, 2.45) is 7.05 Å². The molecule has 0 radical (unpaired) electrons. The molecule has 2 rings (SSSR count). The second-order valence-corrected chi connectivity index (χ2v) is 4.25. The molecule has 3 nitrogen and oxygen atoms in total. The zero-order valence-electron chi connectivity index (χ0n) is 9.08. The van der Waals surface area contributed by atoms with Crippen molar-refractivity contribution in [1.82, 2.24) is 14.9 Å². The van der Waals surface area contributed by atoms with E-state index in [2.05, 4.69) is 21.1 Å². The van der Waals surface area contributed by atoms with Gasteiger partial charge in [-0.3, -0.25) is 0 Å². The minimum atomic E-state index is 0.734. The van der Waals surface area contributed by atoms with E-state index in [1.807, 2.05) is 14.0 Å². The topological polar surface area (TPSA) is 29.9 Å². The van der Waals surface area contributed by atoms with Gasteiger partial charge in [-0.2, -0.15) is 0 Å². The molecule has 1 aliphatic carbocycles. The van der Waals surface area contributed by atoms with Gasteiger partial charge < -0.3 is 9.88 Å². The minimum absolute atomic E-state index is 0.734. The second kappa shape index (κ2) is 4.13. The Morgan fingerprint density at radius 3 is 2.79 bits per heavy atom. The number of rotatable bonds is 3. The van der Waals surface area contributed by atoms with Gasteiger partial charge in [0, 0.05) is 25.8 Å². The van der Waals surface area contributed by atoms with Gasteiger partial charge in [0.05, 0.1) is 5.69 Å². The first-order valence-corrected chi connectivity index (χ1v) is 5.48. The van der Waals surface area contributed by atoms with Gasteiger partial charge in [-0.15, -0.1) is 0 Å². The highest BCUT2D eigenvalue weighted by Gasteiger charge is 2.14. The summed E-state index contributed by atoms with van der Waals surface area (Å²) in [4.78, 5) is 4.47. The number of nitrogens with zero attached hydrogens (tertiary/aromatic N) is 2. The monoisotopic (exact) mass is 193 g/mol. The Hall–Kier alpha value is -0.830. The average molecular weight is 193 g/mol. The van der Waals surface area contributed by atoms with Crippen molar-refractivity contribution >= 4 is 0 Å². The molecule has 0 spiro atoms. The molecule has 0 aromatic carbocycles. The number of hydrogen-bond acceptors (Lipinski definition) is 2. The smallest absolute Gasteiger partial charge is 0.105 e. The Morgan fingerprint density at radius 2 is 2.21 bits per heavy atom. The van der Waals surface area contributed by atoms with Crippen LogP contribution in [-0.2, 0) is 13.6 Å². The summed E-state index contributed by atoms with van der Waals surface area (Å²) in [5.41, 5.74) is 1.16. The van der Waals surface area contributed by atoms with E-state index >= 15 is 0 Å². The Labute approximate surface area is 85.5 Å². The second-order valence-electron chi connectivity index (χ2n) is 4.25. The third kappa shape index (κ3) is 2.15. The maximum absolute atomic E-state index is 4.47. The van der Waals surface area contributed by atoms with Crippen molar-refractivity contribution in [3.05, 3.63) is 17.7 Å². The average Bonchev–Trinajstić information content (AvgIpc) is 2.74. The fourth-order valence-electron chi connectivity index (χ4n) is 2.10. The molecule has 1 aromatic rings. The van der Waals surface area contributed by atoms with Crippen LogP contribution in [0.2, 0.25) is 0 Å². The summed E-state index contributed by atoms with van der Waals surface area (Å²) >= 11 is 0. The molecule has 3 heteroatoms. The maximum atomic E-state index is 4.47. The lowest BCUT2D eigenvalue weighted by Gasteiger charge is -2.09. The predicted octanol–water partition coefficient (Wildman–Crippen LogP) is 1.76. The van der Waals surface area contributed by atoms with E-state index in [4.69, 9.17) is 0 Å². The van der Waals surface area contributed by atoms with Crippen molar-refractivity contribution in [3.8, 4) is 0 Å². The number of aromatic nitrogens is 2. The molecule has 0 amide bonds. The van der Waals surface area contributed by atoms with Crippen LogP contribution in [0, 0.1) is 6.92 Å². The fraction of sp³-hybridized carbons (Fsp3) is 0.727. The van der Waals surface area contributed by atoms with Gasteiger partial charge in [0.1, 0.15) is 5.82 Å². The molecule has 1 fully saturated rings. The van der Waals surface area contributed by atoms with Gasteiger partial charge in [-0.25, -0.2) is 4.98 Å². The van der Waals surface area contributed by atoms with Crippen LogP contribution in [0.5, 0.6) is 0 Å². The first-order chi connectivity index (χ1) is 6.75. The first-order valence-electron chi connectivity index (χ1n) is 5.48. The van der Waals surface area contributed by atoms with E-state index in [0.29, 0.717) is 0 Å². The number of nitrogens with one attached hydrogen (secondary N) is 1. The zero-order chi connectivity index (χ0) is 9.97. The van der Waals surface area contributed by atoms with Crippen molar-refractivity contribution in [3.63, 3.8) is 0 Å². The van der Waals surface area contributed by atoms with E-state index in [1.165, 1.54) is 25.7 Å². The Bertz CT molecular complexity index is 278. The van der Waals surface area contributed by atoms with Gasteiger partial charge >= 0.3 is 0 Å². The lowest BCUT2D eigenvalue weighted by atomic mass is 10.2. The van der Waals surface area contributed by atoms with E-state index in [9.17, 15) is 0 Å². The summed E-state index contributed by atoms with van der Waals surface area (Å²) in [5, 5.41) is 3.56. The fourth-order valence-corrected chi connectivity index (χ4v) is 2.10. The van der Waals surface area contributed by atoms with Crippen LogP contribution in [-0.4, -0.2) is 15.6 Å². The van der Waals surface area contributed by atoms with Crippen LogP contribution >= 0.6 is 0 Å². The molecule has 0 saturated heterocycles. The lowest BCUT2D eigenvalue weighted by Crippen LogP contribution is -2.25. The highest BCUT2D eigenvalue weighted by Crippen LogP contribution is 2.17. The van der Waals surface area contributed by atoms with Gasteiger partial charge in [0.15, 0.2) is 0 Å². The van der Waals surface area contributed by atoms with Crippen LogP contribution in [0.4, 0.5) is 0 Å². The summed E-state index contributed by atoms with van der Waals surface area (Å²) in [5.74, 6) is 1.09. The summed E-state index contributed by atoms with van der Waals surface area (Å²) in [7, 11) is 2.04. The largest absolute Gasteiger partial charge is 0.338 e. The highest BCUT2D eigenvalue weighted by molar-refractivity contribution is 5.02. The summed E-state index contributed by atoms with van der Waals surface area (Å²) in [6, 6.07) is 0.734. The zero-order valence-corrected chi connectivity index (χ0v) is 9.08. The molecule has 1 saturated carbocycles. The molecule has 1 N–H and O–H groups in total. The molecule has 1 aromatic heterocycles. The van der Waals surface area contributed by atoms with E-state index in [0.717, 1.165) is 24.1 Å². The molecule has 1 aliphatic rings. The maximum Gasteiger partial charge on any atom is 0.105 e. The number of aryl methyl sites for hydroxylation is 2. The Balaban J connectivity index is 1.85. The normalized spacial score (nSPS) is 17.9. The molecular weight excluding hydrogens is 174 g/mol. The third-order valence-corrected chi connectivity index (χ3v) is 3.09. The van der Waals surface area contributed by atoms with E-state index in [1.54, 1.807) is 0 Å². The van der Waals surface area contributed by atoms with Crippen molar-refractivity contribution < 1.29 is 0 Å². The third-order valence-electron chi connectivity index (χ3n) is 3.09. The van der Waals surface area contributed by atoms with Crippen LogP contribution in [0.1, 0.15) is 37.2 Å². The van der Waals surface area contributed by atoms with E-state index < -0.39 is 0 Å². The standard InChI is InChI=1S/C11H19N3/c1-9-13-11(8-14(9)2)7-12-10-5-3-4-6-10/h8,10,12H,3-7H2,1-2H3. The van der Waals surface area contributed by atoms with E-state index in [-0.39, 0.29) is 0 Å². The van der Waals surface area contributed by atoms with Crippen molar-refractivity contribution in [2.75, 3.05) is 0 Å². The molecule has 0 bridgehead atoms. The van der Waals surface area contributed by atoms with Crippen molar-refractivity contribution in [1.29, 1.82) is 0 Å². The van der Waals surface area contributed by atoms with Gasteiger partial charge in [-0.05, 0) is 19.8 Å². The Morgan fingerprint density at radius 1 is 1.50 bits per heavy atom. The number of hydrogen-bond donors (Lipinski definition) is 1. The molecular formula is C11H19N3. The number of imidazole rings is 1. The molecule has 14 heavy (non-hydrogen) atoms. The SMILES string of the molecule is Cc1nc(CNC2CCCC2)cn1C. The quantitative estimate of drug-likeness (QED) is 0.792. The Kier molecular flexibility index (Phi) is 2.87. The van der Waals surface area contributed by atoms with Gasteiger partial charge in [-0.1, -0.05) is 12.8 Å². The molecule has 1 heterocycles. The molecule has 0 atom stereocenters. The molecule has 0 aliphatic heterocycles. The van der Waals surface area contributed by atoms with Crippen LogP contribution in [0.3, 0.4) is 0 Å². The summed E-state index contributed by atoms with van der Waals surface area (Å²) in [6.07, 6.45) is 7.56. The molecule has 0 unspecified atom stereocenters. The minimum Gasteiger partial charge on any atom is -0.338 e. The predicted molar refractivity (Wildman–Crippen MR) is 57.0 cm³/mol. The van der Waals surface area contributed by atoms with Crippen molar-refractivity contribution in [2.45, 2.75) is 45.2 Å².